The minimum Gasteiger partial charge on any atom is -0.497 e. The Morgan fingerprint density at radius 3 is 2.20 bits per heavy atom. The molecule has 2 aromatic rings. The fraction of sp³-hybridized carbons (Fsp3) is 0.294. The Balaban J connectivity index is 2.47. The van der Waals surface area contributed by atoms with Crippen LogP contribution in [-0.4, -0.2) is 21.3 Å². The monoisotopic (exact) mass is 271 g/mol. The van der Waals surface area contributed by atoms with Crippen LogP contribution in [0.25, 0.3) is 0 Å². The molecule has 0 aliphatic heterocycles. The number of rotatable bonds is 5. The first kappa shape index (κ1) is 14.4. The Hall–Kier alpha value is -2.00. The molecule has 0 saturated carbocycles. The summed E-state index contributed by atoms with van der Waals surface area (Å²) in [5.74, 6) is 1.68. The van der Waals surface area contributed by atoms with E-state index < -0.39 is 0 Å². The molecular formula is C17H21NO2. The maximum absolute atomic E-state index is 5.48. The van der Waals surface area contributed by atoms with Gasteiger partial charge in [-0.15, -0.1) is 0 Å². The first-order valence-electron chi connectivity index (χ1n) is 6.65. The highest BCUT2D eigenvalue weighted by Gasteiger charge is 2.17. The highest BCUT2D eigenvalue weighted by molar-refractivity contribution is 5.46. The van der Waals surface area contributed by atoms with Crippen LogP contribution >= 0.6 is 0 Å². The number of nitrogens with one attached hydrogen (secondary N) is 1. The summed E-state index contributed by atoms with van der Waals surface area (Å²) in [6.07, 6.45) is 0. The van der Waals surface area contributed by atoms with E-state index in [2.05, 4.69) is 36.5 Å². The largest absolute Gasteiger partial charge is 0.497 e. The lowest BCUT2D eigenvalue weighted by molar-refractivity contribution is 0.395. The third kappa shape index (κ3) is 2.94. The number of hydrogen-bond donors (Lipinski definition) is 1. The van der Waals surface area contributed by atoms with Crippen molar-refractivity contribution in [2.45, 2.75) is 13.0 Å². The van der Waals surface area contributed by atoms with Gasteiger partial charge in [-0.25, -0.2) is 0 Å². The molecule has 0 aromatic heterocycles. The lowest BCUT2D eigenvalue weighted by Gasteiger charge is -2.20. The zero-order chi connectivity index (χ0) is 14.5. The summed E-state index contributed by atoms with van der Waals surface area (Å²) < 4.78 is 10.8. The molecule has 1 N–H and O–H groups in total. The zero-order valence-corrected chi connectivity index (χ0v) is 12.4. The fourth-order valence-corrected chi connectivity index (χ4v) is 2.33. The molecule has 3 nitrogen and oxygen atoms in total. The fourth-order valence-electron chi connectivity index (χ4n) is 2.33. The van der Waals surface area contributed by atoms with Gasteiger partial charge in [0.2, 0.25) is 0 Å². The molecule has 2 aromatic carbocycles. The zero-order valence-electron chi connectivity index (χ0n) is 12.4. The standard InChI is InChI=1S/C17H21NO2/c1-12-5-7-13(8-6-12)17(18-2)15-11-14(19-3)9-10-16(15)20-4/h5-11,17-18H,1-4H3. The van der Waals surface area contributed by atoms with Gasteiger partial charge < -0.3 is 14.8 Å². The van der Waals surface area contributed by atoms with E-state index in [9.17, 15) is 0 Å². The van der Waals surface area contributed by atoms with Crippen molar-refractivity contribution in [3.63, 3.8) is 0 Å². The Bertz CT molecular complexity index is 564. The van der Waals surface area contributed by atoms with Crippen molar-refractivity contribution >= 4 is 0 Å². The maximum Gasteiger partial charge on any atom is 0.124 e. The van der Waals surface area contributed by atoms with E-state index in [0.29, 0.717) is 0 Å². The van der Waals surface area contributed by atoms with Crippen molar-refractivity contribution in [1.29, 1.82) is 0 Å². The predicted octanol–water partition coefficient (Wildman–Crippen LogP) is 3.32. The van der Waals surface area contributed by atoms with Crippen molar-refractivity contribution in [3.05, 3.63) is 59.2 Å². The molecule has 0 saturated heterocycles. The third-order valence-electron chi connectivity index (χ3n) is 3.45. The molecule has 1 atom stereocenters. The molecule has 0 aliphatic rings. The van der Waals surface area contributed by atoms with Crippen molar-refractivity contribution in [1.82, 2.24) is 5.32 Å². The summed E-state index contributed by atoms with van der Waals surface area (Å²) in [4.78, 5) is 0. The summed E-state index contributed by atoms with van der Waals surface area (Å²) >= 11 is 0. The first-order valence-corrected chi connectivity index (χ1v) is 6.65. The van der Waals surface area contributed by atoms with E-state index in [1.807, 2.05) is 25.2 Å². The number of hydrogen-bond acceptors (Lipinski definition) is 3. The molecule has 0 amide bonds. The molecule has 106 valence electrons. The van der Waals surface area contributed by atoms with Gasteiger partial charge in [-0.3, -0.25) is 0 Å². The van der Waals surface area contributed by atoms with Gasteiger partial charge >= 0.3 is 0 Å². The smallest absolute Gasteiger partial charge is 0.124 e. The van der Waals surface area contributed by atoms with Crippen LogP contribution in [-0.2, 0) is 0 Å². The Morgan fingerprint density at radius 2 is 1.65 bits per heavy atom. The second-order valence-electron chi connectivity index (χ2n) is 4.74. The maximum atomic E-state index is 5.48. The summed E-state index contributed by atoms with van der Waals surface area (Å²) in [5.41, 5.74) is 3.52. The predicted molar refractivity (Wildman–Crippen MR) is 81.6 cm³/mol. The van der Waals surface area contributed by atoms with Crippen LogP contribution in [0, 0.1) is 6.92 Å². The summed E-state index contributed by atoms with van der Waals surface area (Å²) in [6.45, 7) is 2.09. The van der Waals surface area contributed by atoms with E-state index in [4.69, 9.17) is 9.47 Å². The minimum atomic E-state index is 0.0700. The molecule has 0 heterocycles. The van der Waals surface area contributed by atoms with Gasteiger partial charge in [-0.1, -0.05) is 29.8 Å². The Kier molecular flexibility index (Phi) is 4.64. The van der Waals surface area contributed by atoms with Gasteiger partial charge in [-0.05, 0) is 37.7 Å². The summed E-state index contributed by atoms with van der Waals surface area (Å²) in [7, 11) is 5.31. The first-order chi connectivity index (χ1) is 9.69. The second-order valence-corrected chi connectivity index (χ2v) is 4.74. The quantitative estimate of drug-likeness (QED) is 0.905. The van der Waals surface area contributed by atoms with Crippen LogP contribution in [0.2, 0.25) is 0 Å². The lowest BCUT2D eigenvalue weighted by atomic mass is 9.97. The van der Waals surface area contributed by atoms with Crippen LogP contribution in [0.5, 0.6) is 11.5 Å². The number of aryl methyl sites for hydroxylation is 1. The molecule has 0 radical (unpaired) electrons. The van der Waals surface area contributed by atoms with Crippen LogP contribution < -0.4 is 14.8 Å². The van der Waals surface area contributed by atoms with Gasteiger partial charge in [0.05, 0.1) is 20.3 Å². The normalized spacial score (nSPS) is 12.0. The molecule has 0 fully saturated rings. The van der Waals surface area contributed by atoms with E-state index in [0.717, 1.165) is 17.1 Å². The van der Waals surface area contributed by atoms with Gasteiger partial charge in [-0.2, -0.15) is 0 Å². The average molecular weight is 271 g/mol. The minimum absolute atomic E-state index is 0.0700. The van der Waals surface area contributed by atoms with Gasteiger partial charge in [0.15, 0.2) is 0 Å². The lowest BCUT2D eigenvalue weighted by Crippen LogP contribution is -2.18. The molecule has 3 heteroatoms. The SMILES string of the molecule is CNC(c1ccc(C)cc1)c1cc(OC)ccc1OC. The van der Waals surface area contributed by atoms with Crippen molar-refractivity contribution in [2.24, 2.45) is 0 Å². The van der Waals surface area contributed by atoms with Crippen LogP contribution in [0.15, 0.2) is 42.5 Å². The molecule has 2 rings (SSSR count). The topological polar surface area (TPSA) is 30.5 Å². The van der Waals surface area contributed by atoms with Crippen LogP contribution in [0.4, 0.5) is 0 Å². The third-order valence-corrected chi connectivity index (χ3v) is 3.45. The van der Waals surface area contributed by atoms with Crippen LogP contribution in [0.1, 0.15) is 22.7 Å². The van der Waals surface area contributed by atoms with Crippen LogP contribution in [0.3, 0.4) is 0 Å². The van der Waals surface area contributed by atoms with E-state index >= 15 is 0 Å². The number of methoxy groups -OCH3 is 2. The highest BCUT2D eigenvalue weighted by Crippen LogP contribution is 2.32. The van der Waals surface area contributed by atoms with E-state index in [1.165, 1.54) is 11.1 Å². The van der Waals surface area contributed by atoms with E-state index in [-0.39, 0.29) is 6.04 Å². The van der Waals surface area contributed by atoms with E-state index in [1.54, 1.807) is 14.2 Å². The molecule has 20 heavy (non-hydrogen) atoms. The Morgan fingerprint density at radius 1 is 0.950 bits per heavy atom. The van der Waals surface area contributed by atoms with Gasteiger partial charge in [0.25, 0.3) is 0 Å². The summed E-state index contributed by atoms with van der Waals surface area (Å²) in [6, 6.07) is 14.4. The van der Waals surface area contributed by atoms with Crippen molar-refractivity contribution in [2.75, 3.05) is 21.3 Å². The number of benzene rings is 2. The summed E-state index contributed by atoms with van der Waals surface area (Å²) in [5, 5.41) is 3.34. The molecule has 0 bridgehead atoms. The van der Waals surface area contributed by atoms with Gasteiger partial charge in [0, 0.05) is 5.56 Å². The second kappa shape index (κ2) is 6.44. The molecule has 1 unspecified atom stereocenters. The molecule has 0 spiro atoms. The number of ether oxygens (including phenoxy) is 2. The van der Waals surface area contributed by atoms with Crippen molar-refractivity contribution in [3.8, 4) is 11.5 Å². The molecular weight excluding hydrogens is 250 g/mol. The average Bonchev–Trinajstić information content (AvgIpc) is 2.49. The Labute approximate surface area is 120 Å². The molecule has 0 aliphatic carbocycles. The highest BCUT2D eigenvalue weighted by atomic mass is 16.5. The van der Waals surface area contributed by atoms with Gasteiger partial charge in [0.1, 0.15) is 11.5 Å². The van der Waals surface area contributed by atoms with Crippen molar-refractivity contribution < 1.29 is 9.47 Å².